The van der Waals surface area contributed by atoms with Gasteiger partial charge in [-0.1, -0.05) is 149 Å². The molecule has 0 heterocycles. The number of nitrogens with one attached hydrogen (secondary N) is 2. The molecule has 3 aliphatic rings. The zero-order chi connectivity index (χ0) is 67.2. The van der Waals surface area contributed by atoms with Crippen LogP contribution in [0.4, 0.5) is 9.59 Å². The van der Waals surface area contributed by atoms with E-state index in [2.05, 4.69) is 120 Å². The first-order valence-electron chi connectivity index (χ1n) is 31.7. The number of halogens is 2. The van der Waals surface area contributed by atoms with Crippen molar-refractivity contribution in [2.75, 3.05) is 31.6 Å². The average Bonchev–Trinajstić information content (AvgIpc) is 3.62. The van der Waals surface area contributed by atoms with Crippen LogP contribution >= 0.6 is 23.2 Å². The molecule has 3 aliphatic carbocycles. The molecule has 0 bridgehead atoms. The maximum absolute atomic E-state index is 12.5. The van der Waals surface area contributed by atoms with Gasteiger partial charge in [-0.25, -0.2) is 9.59 Å². The quantitative estimate of drug-likeness (QED) is 0.0414. The van der Waals surface area contributed by atoms with Crippen LogP contribution in [0.2, 0.25) is 0 Å². The summed E-state index contributed by atoms with van der Waals surface area (Å²) in [5.41, 5.74) is 19.2. The maximum atomic E-state index is 12.5. The van der Waals surface area contributed by atoms with Crippen molar-refractivity contribution in [1.29, 1.82) is 0 Å². The third kappa shape index (κ3) is 31.0. The second-order valence-corrected chi connectivity index (χ2v) is 27.8. The molecule has 3 aromatic carbocycles. The van der Waals surface area contributed by atoms with E-state index < -0.39 is 29.5 Å². The van der Waals surface area contributed by atoms with E-state index in [1.807, 2.05) is 108 Å². The second-order valence-electron chi connectivity index (χ2n) is 27.0. The SMILES string of the molecule is CC1=C(/C=C/c2cccc(C(=O)CCN)c2)C(C)(C)CCC1.CC1=C(/C=C/c2cccc(C(=O)CCNC(=O)OC(C)(C)C)c2)C(C)(C)CCC1.CC1=C(/C=C/c2cccc(C(O)CCNC(=O)OC(C)(C)C)c2)C(C)(C)CCC1.CCOC(C)=O.ClCCl. The lowest BCUT2D eigenvalue weighted by Gasteiger charge is -2.32. The molecule has 12 nitrogen and oxygen atoms in total. The summed E-state index contributed by atoms with van der Waals surface area (Å²) < 4.78 is 14.8. The maximum Gasteiger partial charge on any atom is 0.407 e. The lowest BCUT2D eigenvalue weighted by atomic mass is 9.72. The minimum atomic E-state index is -0.634. The highest BCUT2D eigenvalue weighted by atomic mass is 35.5. The fourth-order valence-electron chi connectivity index (χ4n) is 11.1. The van der Waals surface area contributed by atoms with Crippen molar-refractivity contribution in [3.8, 4) is 0 Å². The second kappa shape index (κ2) is 38.6. The molecule has 3 aromatic rings. The number of ether oxygens (including phenoxy) is 3. The van der Waals surface area contributed by atoms with E-state index in [1.54, 1.807) is 6.92 Å². The standard InChI is InChI=1S/C25H37NO3.C25H35NO3.C20H27NO.C4H8O2.CH2Cl2/c2*1-18-9-8-15-25(5,6)21(18)13-12-19-10-7-11-20(17-19)22(27)14-16-26-23(28)29-24(2,3)4;1-15-6-5-12-20(2,3)18(15)10-9-16-7-4-8-17(14-16)19(22)11-13-21;1-3-6-4(2)5;2-1-3/h7,10-13,17,22,27H,8-9,14-16H2,1-6H3,(H,26,28);7,10-13,17H,8-9,14-16H2,1-6H3,(H,26,28);4,7-10,14H,5-6,11-13,21H2,1-3H3;3H2,1-2H3;1H2/b2*13-12+;10-9+;;. The van der Waals surface area contributed by atoms with Crippen molar-refractivity contribution < 1.29 is 43.3 Å². The number of Topliss-reactive ketones (excluding diaryl/α,β-unsaturated/α-hetero) is 2. The van der Waals surface area contributed by atoms with E-state index in [-0.39, 0.29) is 52.1 Å². The molecule has 0 saturated carbocycles. The number of alkyl carbamates (subject to hydrolysis) is 2. The van der Waals surface area contributed by atoms with Gasteiger partial charge in [0.2, 0.25) is 0 Å². The van der Waals surface area contributed by atoms with Gasteiger partial charge < -0.3 is 35.7 Å². The molecule has 0 spiro atoms. The van der Waals surface area contributed by atoms with E-state index in [0.717, 1.165) is 34.2 Å². The molecule has 14 heteroatoms. The Morgan fingerprint density at radius 3 is 1.28 bits per heavy atom. The fraction of sp³-hybridized carbons (Fsp3) is 0.533. The molecule has 1 atom stereocenters. The van der Waals surface area contributed by atoms with Crippen LogP contribution < -0.4 is 16.4 Å². The molecule has 2 amide bonds. The summed E-state index contributed by atoms with van der Waals surface area (Å²) >= 11 is 9.53. The first-order valence-corrected chi connectivity index (χ1v) is 32.7. The number of carbonyl (C=O) groups excluding carboxylic acids is 5. The zero-order valence-electron chi connectivity index (χ0n) is 57.0. The lowest BCUT2D eigenvalue weighted by molar-refractivity contribution is -0.140. The number of aliphatic hydroxyl groups excluding tert-OH is 1. The van der Waals surface area contributed by atoms with Crippen LogP contribution in [0.3, 0.4) is 0 Å². The average molecular weight is 1270 g/mol. The molecule has 1 unspecified atom stereocenters. The summed E-state index contributed by atoms with van der Waals surface area (Å²) in [6.07, 6.45) is 23.5. The normalized spacial score (nSPS) is 16.5. The van der Waals surface area contributed by atoms with E-state index in [0.29, 0.717) is 38.1 Å². The molecule has 492 valence electrons. The molecular weight excluding hydrogens is 1160 g/mol. The molecule has 0 fully saturated rings. The summed E-state index contributed by atoms with van der Waals surface area (Å²) in [4.78, 5) is 57.7. The van der Waals surface area contributed by atoms with Gasteiger partial charge in [0.1, 0.15) is 11.2 Å². The fourth-order valence-corrected chi connectivity index (χ4v) is 11.1. The number of carbonyl (C=O) groups is 5. The lowest BCUT2D eigenvalue weighted by Crippen LogP contribution is -2.33. The predicted molar refractivity (Wildman–Crippen MR) is 371 cm³/mol. The van der Waals surface area contributed by atoms with Gasteiger partial charge in [0.05, 0.1) is 18.1 Å². The van der Waals surface area contributed by atoms with Crippen molar-refractivity contribution in [1.82, 2.24) is 10.6 Å². The monoisotopic (exact) mass is 1270 g/mol. The Kier molecular flexibility index (Phi) is 34.3. The topological polar surface area (TPSA) is 183 Å². The van der Waals surface area contributed by atoms with Gasteiger partial charge in [0.25, 0.3) is 0 Å². The number of alkyl halides is 2. The van der Waals surface area contributed by atoms with Crippen molar-refractivity contribution in [3.63, 3.8) is 0 Å². The minimum absolute atomic E-state index is 0.00435. The summed E-state index contributed by atoms with van der Waals surface area (Å²) in [6.45, 7) is 36.1. The summed E-state index contributed by atoms with van der Waals surface area (Å²) in [6, 6.07) is 23.4. The first-order chi connectivity index (χ1) is 41.6. The van der Waals surface area contributed by atoms with Gasteiger partial charge >= 0.3 is 18.2 Å². The molecule has 0 aliphatic heterocycles. The van der Waals surface area contributed by atoms with Crippen molar-refractivity contribution in [2.24, 2.45) is 22.0 Å². The Labute approximate surface area is 545 Å². The minimum Gasteiger partial charge on any atom is -0.466 e. The third-order valence-corrected chi connectivity index (χ3v) is 15.5. The Bertz CT molecular complexity index is 2960. The number of allylic oxidation sites excluding steroid dienone is 9. The van der Waals surface area contributed by atoms with E-state index in [4.69, 9.17) is 38.4 Å². The van der Waals surface area contributed by atoms with Crippen molar-refractivity contribution >= 4 is 71.2 Å². The number of aliphatic hydroxyl groups is 1. The molecular formula is C75H109Cl2N3O9. The van der Waals surface area contributed by atoms with Crippen molar-refractivity contribution in [3.05, 3.63) is 158 Å². The molecule has 5 N–H and O–H groups in total. The van der Waals surface area contributed by atoms with Crippen LogP contribution in [0, 0.1) is 16.2 Å². The Balaban J connectivity index is 0.000000428. The van der Waals surface area contributed by atoms with Crippen LogP contribution in [0.15, 0.2) is 124 Å². The molecule has 0 radical (unpaired) electrons. The number of esters is 1. The van der Waals surface area contributed by atoms with Crippen LogP contribution in [-0.4, -0.2) is 77.6 Å². The van der Waals surface area contributed by atoms with Gasteiger partial charge in [-0.15, -0.1) is 23.2 Å². The smallest absolute Gasteiger partial charge is 0.407 e. The number of nitrogens with two attached hydrogens (primary N) is 1. The highest BCUT2D eigenvalue weighted by Crippen LogP contribution is 2.43. The number of hydrogen-bond donors (Lipinski definition) is 4. The van der Waals surface area contributed by atoms with Gasteiger partial charge in [-0.05, 0) is 213 Å². The first kappa shape index (κ1) is 79.0. The van der Waals surface area contributed by atoms with Crippen LogP contribution in [-0.2, 0) is 19.0 Å². The molecule has 0 saturated heterocycles. The highest BCUT2D eigenvalue weighted by molar-refractivity contribution is 6.40. The Morgan fingerprint density at radius 1 is 0.584 bits per heavy atom. The summed E-state index contributed by atoms with van der Waals surface area (Å²) in [5.74, 6) is -0.0895. The molecule has 6 rings (SSSR count). The van der Waals surface area contributed by atoms with E-state index in [9.17, 15) is 29.1 Å². The highest BCUT2D eigenvalue weighted by Gasteiger charge is 2.29. The zero-order valence-corrected chi connectivity index (χ0v) is 58.5. The number of benzene rings is 3. The Hall–Kier alpha value is -6.05. The third-order valence-electron chi connectivity index (χ3n) is 15.5. The van der Waals surface area contributed by atoms with E-state index >= 15 is 0 Å². The van der Waals surface area contributed by atoms with E-state index in [1.165, 1.54) is 91.7 Å². The van der Waals surface area contributed by atoms with Crippen LogP contribution in [0.1, 0.15) is 244 Å². The van der Waals surface area contributed by atoms with Gasteiger partial charge in [0, 0.05) is 44.0 Å². The van der Waals surface area contributed by atoms with Crippen LogP contribution in [0.25, 0.3) is 18.2 Å². The van der Waals surface area contributed by atoms with Crippen molar-refractivity contribution in [2.45, 2.75) is 212 Å². The van der Waals surface area contributed by atoms with Gasteiger partial charge in [-0.2, -0.15) is 0 Å². The van der Waals surface area contributed by atoms with Gasteiger partial charge in [-0.3, -0.25) is 14.4 Å². The number of amides is 2. The number of hydrogen-bond acceptors (Lipinski definition) is 10. The van der Waals surface area contributed by atoms with Gasteiger partial charge in [0.15, 0.2) is 11.6 Å². The Morgan fingerprint density at radius 2 is 0.944 bits per heavy atom. The number of ketones is 2. The van der Waals surface area contributed by atoms with Crippen LogP contribution in [0.5, 0.6) is 0 Å². The largest absolute Gasteiger partial charge is 0.466 e. The number of rotatable bonds is 18. The predicted octanol–water partition coefficient (Wildman–Crippen LogP) is 19.2. The summed E-state index contributed by atoms with van der Waals surface area (Å²) in [7, 11) is 0. The summed E-state index contributed by atoms with van der Waals surface area (Å²) in [5, 5.41) is 16.0. The molecule has 89 heavy (non-hydrogen) atoms. The molecule has 0 aromatic heterocycles.